The van der Waals surface area contributed by atoms with E-state index in [2.05, 4.69) is 32.4 Å². The van der Waals surface area contributed by atoms with Crippen molar-refractivity contribution in [2.45, 2.75) is 38.6 Å². The van der Waals surface area contributed by atoms with Crippen molar-refractivity contribution in [2.24, 2.45) is 5.92 Å². The smallest absolute Gasteiger partial charge is 0.137 e. The number of piperidine rings is 1. The maximum absolute atomic E-state index is 11.4. The first-order chi connectivity index (χ1) is 15.6. The van der Waals surface area contributed by atoms with E-state index in [1.165, 1.54) is 41.4 Å². The number of fused-ring (bicyclic) bond motifs is 1. The lowest BCUT2D eigenvalue weighted by Gasteiger charge is -2.32. The maximum Gasteiger partial charge on any atom is 0.137 e. The van der Waals surface area contributed by atoms with Gasteiger partial charge in [0.1, 0.15) is 17.3 Å². The van der Waals surface area contributed by atoms with Gasteiger partial charge in [-0.2, -0.15) is 0 Å². The molecule has 1 fully saturated rings. The van der Waals surface area contributed by atoms with Crippen LogP contribution in [0.4, 0.5) is 5.82 Å². The largest absolute Gasteiger partial charge is 0.495 e. The summed E-state index contributed by atoms with van der Waals surface area (Å²) in [6.07, 6.45) is 9.25. The van der Waals surface area contributed by atoms with E-state index in [-0.39, 0.29) is 0 Å². The summed E-state index contributed by atoms with van der Waals surface area (Å²) in [4.78, 5) is 6.89. The van der Waals surface area contributed by atoms with Gasteiger partial charge in [-0.1, -0.05) is 6.07 Å². The predicted octanol–water partition coefficient (Wildman–Crippen LogP) is 4.47. The van der Waals surface area contributed by atoms with Gasteiger partial charge in [0.05, 0.1) is 29.7 Å². The standard InChI is InChI=1S/C24H33N3O3S2/c1-29-23-7-8-24(25-17-23)26-12-9-19(10-13-26)4-3-15-30-22-6-5-21-18-27(31-32(2)28)14-11-20(21)16-22/h5-8,16-17,19H,3-4,9-15,18H2,1-2H3. The second-order valence-corrected chi connectivity index (χ2v) is 11.8. The average Bonchev–Trinajstić information content (AvgIpc) is 2.82. The van der Waals surface area contributed by atoms with Gasteiger partial charge in [-0.05, 0) is 73.4 Å². The molecular formula is C24H33N3O3S2. The Morgan fingerprint density at radius 3 is 2.66 bits per heavy atom. The van der Waals surface area contributed by atoms with Crippen molar-refractivity contribution >= 4 is 26.6 Å². The van der Waals surface area contributed by atoms with Crippen LogP contribution in [0.25, 0.3) is 0 Å². The highest BCUT2D eigenvalue weighted by Gasteiger charge is 2.21. The third-order valence-electron chi connectivity index (χ3n) is 6.29. The van der Waals surface area contributed by atoms with E-state index in [9.17, 15) is 4.21 Å². The minimum atomic E-state index is -0.858. The van der Waals surface area contributed by atoms with Crippen molar-refractivity contribution in [3.63, 3.8) is 0 Å². The second kappa shape index (κ2) is 11.4. The molecule has 3 heterocycles. The van der Waals surface area contributed by atoms with E-state index in [4.69, 9.17) is 9.47 Å². The summed E-state index contributed by atoms with van der Waals surface area (Å²) < 4.78 is 24.9. The zero-order valence-corrected chi connectivity index (χ0v) is 20.6. The molecule has 0 radical (unpaired) electrons. The summed E-state index contributed by atoms with van der Waals surface area (Å²) in [6.45, 7) is 4.69. The van der Waals surface area contributed by atoms with Crippen molar-refractivity contribution in [3.05, 3.63) is 47.7 Å². The SMILES string of the molecule is COc1ccc(N2CCC(CCCOc3ccc4c(c3)CCN(SS(C)=O)C4)CC2)nc1. The van der Waals surface area contributed by atoms with Crippen LogP contribution in [0.15, 0.2) is 36.5 Å². The summed E-state index contributed by atoms with van der Waals surface area (Å²) in [5, 5.41) is 0. The molecule has 2 aromatic rings. The minimum absolute atomic E-state index is 0.768. The molecule has 2 aliphatic heterocycles. The van der Waals surface area contributed by atoms with E-state index in [1.807, 2.05) is 12.1 Å². The third-order valence-corrected chi connectivity index (χ3v) is 8.28. The molecule has 1 saturated heterocycles. The number of aromatic nitrogens is 1. The van der Waals surface area contributed by atoms with Crippen molar-refractivity contribution < 1.29 is 13.7 Å². The maximum atomic E-state index is 11.4. The molecule has 0 spiro atoms. The van der Waals surface area contributed by atoms with Crippen LogP contribution < -0.4 is 14.4 Å². The Kier molecular flexibility index (Phi) is 8.32. The van der Waals surface area contributed by atoms with Crippen LogP contribution in [0, 0.1) is 5.92 Å². The lowest BCUT2D eigenvalue weighted by molar-refractivity contribution is 0.278. The first-order valence-corrected chi connectivity index (χ1v) is 14.2. The van der Waals surface area contributed by atoms with Gasteiger partial charge >= 0.3 is 0 Å². The number of ether oxygens (including phenoxy) is 2. The number of hydrogen-bond donors (Lipinski definition) is 0. The Labute approximate surface area is 197 Å². The van der Waals surface area contributed by atoms with Gasteiger partial charge in [0, 0.05) is 43.4 Å². The van der Waals surface area contributed by atoms with Crippen molar-refractivity contribution in [1.82, 2.24) is 9.29 Å². The highest BCUT2D eigenvalue weighted by Crippen LogP contribution is 2.29. The molecule has 0 bridgehead atoms. The summed E-state index contributed by atoms with van der Waals surface area (Å²) in [7, 11) is 2.25. The fourth-order valence-corrected chi connectivity index (χ4v) is 6.43. The second-order valence-electron chi connectivity index (χ2n) is 8.50. The van der Waals surface area contributed by atoms with Gasteiger partial charge in [0.15, 0.2) is 0 Å². The van der Waals surface area contributed by atoms with Crippen LogP contribution >= 0.6 is 11.0 Å². The summed E-state index contributed by atoms with van der Waals surface area (Å²) in [6, 6.07) is 10.5. The van der Waals surface area contributed by atoms with E-state index >= 15 is 0 Å². The monoisotopic (exact) mass is 475 g/mol. The lowest BCUT2D eigenvalue weighted by Crippen LogP contribution is -2.34. The first-order valence-electron chi connectivity index (χ1n) is 11.4. The number of methoxy groups -OCH3 is 1. The normalized spacial score (nSPS) is 18.2. The van der Waals surface area contributed by atoms with Crippen LogP contribution in [-0.4, -0.2) is 53.1 Å². The van der Waals surface area contributed by atoms with Crippen LogP contribution in [0.1, 0.15) is 36.8 Å². The zero-order chi connectivity index (χ0) is 22.3. The van der Waals surface area contributed by atoms with Gasteiger partial charge in [-0.3, -0.25) is 0 Å². The van der Waals surface area contributed by atoms with Crippen LogP contribution in [0.5, 0.6) is 11.5 Å². The molecule has 4 rings (SSSR count). The van der Waals surface area contributed by atoms with Crippen LogP contribution in [0.3, 0.4) is 0 Å². The Morgan fingerprint density at radius 1 is 1.12 bits per heavy atom. The van der Waals surface area contributed by atoms with Crippen molar-refractivity contribution in [3.8, 4) is 11.5 Å². The summed E-state index contributed by atoms with van der Waals surface area (Å²) in [5.74, 6) is 3.59. The molecule has 1 unspecified atom stereocenters. The van der Waals surface area contributed by atoms with Crippen molar-refractivity contribution in [1.29, 1.82) is 0 Å². The number of pyridine rings is 1. The quantitative estimate of drug-likeness (QED) is 0.301. The molecule has 0 aliphatic carbocycles. The topological polar surface area (TPSA) is 54.9 Å². The Hall–Kier alpha value is -1.77. The third kappa shape index (κ3) is 6.39. The molecule has 2 aliphatic rings. The molecule has 32 heavy (non-hydrogen) atoms. The molecule has 1 aromatic carbocycles. The van der Waals surface area contributed by atoms with Gasteiger partial charge in [-0.15, -0.1) is 0 Å². The Bertz CT molecular complexity index is 902. The van der Waals surface area contributed by atoms with Crippen LogP contribution in [0.2, 0.25) is 0 Å². The highest BCUT2D eigenvalue weighted by atomic mass is 33.1. The molecule has 1 aromatic heterocycles. The van der Waals surface area contributed by atoms with E-state index in [0.29, 0.717) is 0 Å². The van der Waals surface area contributed by atoms with E-state index < -0.39 is 9.83 Å². The molecule has 0 amide bonds. The molecule has 6 nitrogen and oxygen atoms in total. The number of nitrogens with zero attached hydrogens (tertiary/aromatic N) is 3. The van der Waals surface area contributed by atoms with E-state index in [1.54, 1.807) is 19.6 Å². The molecule has 0 N–H and O–H groups in total. The summed E-state index contributed by atoms with van der Waals surface area (Å²) in [5.41, 5.74) is 2.68. The Morgan fingerprint density at radius 2 is 1.94 bits per heavy atom. The number of benzene rings is 1. The predicted molar refractivity (Wildman–Crippen MR) is 133 cm³/mol. The fraction of sp³-hybridized carbons (Fsp3) is 0.542. The number of rotatable bonds is 9. The number of hydrogen-bond acceptors (Lipinski definition) is 7. The van der Waals surface area contributed by atoms with Gasteiger partial charge in [0.25, 0.3) is 0 Å². The molecule has 174 valence electrons. The molecular weight excluding hydrogens is 442 g/mol. The molecule has 8 heteroatoms. The van der Waals surface area contributed by atoms with Gasteiger partial charge in [-0.25, -0.2) is 13.5 Å². The molecule has 1 atom stereocenters. The number of anilines is 1. The van der Waals surface area contributed by atoms with Crippen molar-refractivity contribution in [2.75, 3.05) is 44.5 Å². The van der Waals surface area contributed by atoms with E-state index in [0.717, 1.165) is 68.9 Å². The first kappa shape index (κ1) is 23.4. The fourth-order valence-electron chi connectivity index (χ4n) is 4.50. The van der Waals surface area contributed by atoms with Gasteiger partial charge < -0.3 is 14.4 Å². The molecule has 0 saturated carbocycles. The highest BCUT2D eigenvalue weighted by molar-refractivity contribution is 8.67. The summed E-state index contributed by atoms with van der Waals surface area (Å²) >= 11 is 0. The minimum Gasteiger partial charge on any atom is -0.495 e. The lowest BCUT2D eigenvalue weighted by atomic mass is 9.92. The zero-order valence-electron chi connectivity index (χ0n) is 19.0. The van der Waals surface area contributed by atoms with Gasteiger partial charge in [0.2, 0.25) is 0 Å². The average molecular weight is 476 g/mol. The Balaban J connectivity index is 1.16. The van der Waals surface area contributed by atoms with Crippen LogP contribution in [-0.2, 0) is 22.8 Å².